The number of carbonyl (C=O) groups excluding carboxylic acids is 2. The third-order valence-corrected chi connectivity index (χ3v) is 2.25. The van der Waals surface area contributed by atoms with Gasteiger partial charge >= 0.3 is 5.97 Å². The van der Waals surface area contributed by atoms with E-state index in [1.807, 2.05) is 13.8 Å². The van der Waals surface area contributed by atoms with Gasteiger partial charge in [0.1, 0.15) is 12.1 Å². The molecule has 15 heavy (non-hydrogen) atoms. The average molecular weight is 215 g/mol. The molecule has 1 amide bonds. The van der Waals surface area contributed by atoms with Crippen molar-refractivity contribution in [3.05, 3.63) is 0 Å². The molecule has 0 unspecified atom stereocenters. The smallest absolute Gasteiger partial charge is 0.331 e. The number of ether oxygens (including phenoxy) is 2. The van der Waals surface area contributed by atoms with Crippen molar-refractivity contribution in [1.29, 1.82) is 0 Å². The number of rotatable bonds is 5. The number of hydrogen-bond donors (Lipinski definition) is 1. The molecule has 5 heteroatoms. The molecule has 0 heterocycles. The summed E-state index contributed by atoms with van der Waals surface area (Å²) in [7, 11) is 1.32. The maximum atomic E-state index is 11.4. The Labute approximate surface area is 89.1 Å². The SMILES string of the molecule is COC(=O)C1(NC(=O)COC(C)C)CC1. The molecule has 0 aromatic rings. The molecule has 0 bridgehead atoms. The molecule has 5 nitrogen and oxygen atoms in total. The van der Waals surface area contributed by atoms with Crippen molar-refractivity contribution in [1.82, 2.24) is 5.32 Å². The molecular weight excluding hydrogens is 198 g/mol. The molecule has 1 aliphatic carbocycles. The van der Waals surface area contributed by atoms with E-state index in [0.717, 1.165) is 0 Å². The van der Waals surface area contributed by atoms with Gasteiger partial charge in [-0.1, -0.05) is 0 Å². The van der Waals surface area contributed by atoms with E-state index >= 15 is 0 Å². The average Bonchev–Trinajstić information content (AvgIpc) is 2.94. The van der Waals surface area contributed by atoms with E-state index in [2.05, 4.69) is 10.1 Å². The minimum atomic E-state index is -0.772. The van der Waals surface area contributed by atoms with Crippen LogP contribution in [0.25, 0.3) is 0 Å². The number of esters is 1. The second-order valence-corrected chi connectivity index (χ2v) is 3.98. The predicted octanol–water partition coefficient (Wildman–Crippen LogP) is 0.233. The third kappa shape index (κ3) is 3.20. The summed E-state index contributed by atoms with van der Waals surface area (Å²) in [6.45, 7) is 3.68. The van der Waals surface area contributed by atoms with Gasteiger partial charge in [0, 0.05) is 0 Å². The van der Waals surface area contributed by atoms with E-state index < -0.39 is 5.54 Å². The summed E-state index contributed by atoms with van der Waals surface area (Å²) in [4.78, 5) is 22.7. The maximum Gasteiger partial charge on any atom is 0.331 e. The van der Waals surface area contributed by atoms with Gasteiger partial charge in [-0.2, -0.15) is 0 Å². The fourth-order valence-corrected chi connectivity index (χ4v) is 1.25. The first kappa shape index (κ1) is 12.0. The molecule has 0 atom stereocenters. The minimum absolute atomic E-state index is 0.00373. The van der Waals surface area contributed by atoms with Gasteiger partial charge in [0.2, 0.25) is 5.91 Å². The Morgan fingerprint density at radius 1 is 1.40 bits per heavy atom. The lowest BCUT2D eigenvalue weighted by Gasteiger charge is -2.15. The van der Waals surface area contributed by atoms with Crippen molar-refractivity contribution >= 4 is 11.9 Å². The van der Waals surface area contributed by atoms with E-state index in [1.54, 1.807) is 0 Å². The molecule has 0 aromatic heterocycles. The number of amides is 1. The highest BCUT2D eigenvalue weighted by Crippen LogP contribution is 2.36. The second kappa shape index (κ2) is 4.61. The van der Waals surface area contributed by atoms with Crippen LogP contribution in [-0.4, -0.2) is 37.2 Å². The summed E-state index contributed by atoms with van der Waals surface area (Å²) in [5, 5.41) is 2.63. The first-order valence-corrected chi connectivity index (χ1v) is 5.01. The van der Waals surface area contributed by atoms with E-state index in [1.165, 1.54) is 7.11 Å². The van der Waals surface area contributed by atoms with Gasteiger partial charge in [-0.05, 0) is 26.7 Å². The van der Waals surface area contributed by atoms with Crippen LogP contribution in [0.3, 0.4) is 0 Å². The lowest BCUT2D eigenvalue weighted by atomic mass is 10.3. The van der Waals surface area contributed by atoms with Gasteiger partial charge in [0.25, 0.3) is 0 Å². The Bertz CT molecular complexity index is 258. The van der Waals surface area contributed by atoms with Crippen molar-refractivity contribution in [2.75, 3.05) is 13.7 Å². The number of methoxy groups -OCH3 is 1. The number of nitrogens with one attached hydrogen (secondary N) is 1. The quantitative estimate of drug-likeness (QED) is 0.667. The highest BCUT2D eigenvalue weighted by atomic mass is 16.5. The van der Waals surface area contributed by atoms with Crippen LogP contribution >= 0.6 is 0 Å². The van der Waals surface area contributed by atoms with Crippen LogP contribution in [0.5, 0.6) is 0 Å². The zero-order valence-electron chi connectivity index (χ0n) is 9.33. The molecule has 0 radical (unpaired) electrons. The summed E-state index contributed by atoms with van der Waals surface area (Å²) in [6, 6.07) is 0. The highest BCUT2D eigenvalue weighted by Gasteiger charge is 2.52. The standard InChI is InChI=1S/C10H17NO4/c1-7(2)15-6-8(12)11-10(4-5-10)9(13)14-3/h7H,4-6H2,1-3H3,(H,11,12). The first-order valence-electron chi connectivity index (χ1n) is 5.01. The lowest BCUT2D eigenvalue weighted by molar-refractivity contribution is -0.147. The second-order valence-electron chi connectivity index (χ2n) is 3.98. The zero-order chi connectivity index (χ0) is 11.5. The van der Waals surface area contributed by atoms with Crippen LogP contribution in [0.4, 0.5) is 0 Å². The van der Waals surface area contributed by atoms with Crippen molar-refractivity contribution in [3.8, 4) is 0 Å². The normalized spacial score (nSPS) is 17.3. The van der Waals surface area contributed by atoms with Crippen molar-refractivity contribution in [2.45, 2.75) is 38.3 Å². The topological polar surface area (TPSA) is 64.6 Å². The summed E-state index contributed by atoms with van der Waals surface area (Å²) in [5.74, 6) is -0.646. The van der Waals surface area contributed by atoms with Gasteiger partial charge in [-0.3, -0.25) is 4.79 Å². The Morgan fingerprint density at radius 3 is 2.40 bits per heavy atom. The van der Waals surface area contributed by atoms with Crippen LogP contribution in [0.1, 0.15) is 26.7 Å². The van der Waals surface area contributed by atoms with Gasteiger partial charge in [-0.15, -0.1) is 0 Å². The summed E-state index contributed by atoms with van der Waals surface area (Å²) < 4.78 is 9.74. The predicted molar refractivity (Wildman–Crippen MR) is 53.2 cm³/mol. The molecule has 1 rings (SSSR count). The molecule has 1 aliphatic rings. The molecule has 1 N–H and O–H groups in total. The zero-order valence-corrected chi connectivity index (χ0v) is 9.33. The van der Waals surface area contributed by atoms with Crippen LogP contribution in [0.15, 0.2) is 0 Å². The van der Waals surface area contributed by atoms with Crippen LogP contribution in [0, 0.1) is 0 Å². The van der Waals surface area contributed by atoms with Crippen molar-refractivity contribution < 1.29 is 19.1 Å². The van der Waals surface area contributed by atoms with Gasteiger partial charge in [0.15, 0.2) is 0 Å². The molecule has 0 spiro atoms. The lowest BCUT2D eigenvalue weighted by Crippen LogP contribution is -2.45. The van der Waals surface area contributed by atoms with Gasteiger partial charge < -0.3 is 14.8 Å². The molecule has 1 fully saturated rings. The Hall–Kier alpha value is -1.10. The minimum Gasteiger partial charge on any atom is -0.467 e. The van der Waals surface area contributed by atoms with Crippen LogP contribution < -0.4 is 5.32 Å². The largest absolute Gasteiger partial charge is 0.467 e. The molecule has 0 aliphatic heterocycles. The number of carbonyl (C=O) groups is 2. The maximum absolute atomic E-state index is 11.4. The van der Waals surface area contributed by atoms with E-state index in [9.17, 15) is 9.59 Å². The Balaban J connectivity index is 2.35. The first-order chi connectivity index (χ1) is 7.00. The Morgan fingerprint density at radius 2 is 2.00 bits per heavy atom. The molecule has 86 valence electrons. The molecule has 1 saturated carbocycles. The van der Waals surface area contributed by atoms with E-state index in [0.29, 0.717) is 12.8 Å². The van der Waals surface area contributed by atoms with Gasteiger partial charge in [0.05, 0.1) is 13.2 Å². The summed E-state index contributed by atoms with van der Waals surface area (Å²) >= 11 is 0. The Kier molecular flexibility index (Phi) is 3.68. The third-order valence-electron chi connectivity index (χ3n) is 2.25. The highest BCUT2D eigenvalue weighted by molar-refractivity contribution is 5.91. The van der Waals surface area contributed by atoms with Crippen molar-refractivity contribution in [3.63, 3.8) is 0 Å². The van der Waals surface area contributed by atoms with Gasteiger partial charge in [-0.25, -0.2) is 4.79 Å². The molecule has 0 aromatic carbocycles. The molecule has 0 saturated heterocycles. The molecular formula is C10H17NO4. The summed E-state index contributed by atoms with van der Waals surface area (Å²) in [5.41, 5.74) is -0.772. The fraction of sp³-hybridized carbons (Fsp3) is 0.800. The van der Waals surface area contributed by atoms with Crippen LogP contribution in [-0.2, 0) is 19.1 Å². The summed E-state index contributed by atoms with van der Waals surface area (Å²) in [6.07, 6.45) is 1.30. The fourth-order valence-electron chi connectivity index (χ4n) is 1.25. The van der Waals surface area contributed by atoms with Crippen LogP contribution in [0.2, 0.25) is 0 Å². The van der Waals surface area contributed by atoms with E-state index in [-0.39, 0.29) is 24.6 Å². The van der Waals surface area contributed by atoms with E-state index in [4.69, 9.17) is 4.74 Å². The van der Waals surface area contributed by atoms with Crippen molar-refractivity contribution in [2.24, 2.45) is 0 Å². The monoisotopic (exact) mass is 215 g/mol. The number of hydrogen-bond acceptors (Lipinski definition) is 4.